The summed E-state index contributed by atoms with van der Waals surface area (Å²) in [6, 6.07) is 13.1. The van der Waals surface area contributed by atoms with Gasteiger partial charge in [-0.15, -0.1) is 0 Å². The van der Waals surface area contributed by atoms with Crippen molar-refractivity contribution in [1.29, 1.82) is 0 Å². The Hall–Kier alpha value is -2.73. The van der Waals surface area contributed by atoms with Crippen LogP contribution in [0.5, 0.6) is 0 Å². The van der Waals surface area contributed by atoms with Gasteiger partial charge < -0.3 is 15.0 Å². The predicted molar refractivity (Wildman–Crippen MR) is 99.4 cm³/mol. The summed E-state index contributed by atoms with van der Waals surface area (Å²) in [4.78, 5) is 30.6. The Bertz CT molecular complexity index is 726. The largest absolute Gasteiger partial charge is 0.378 e. The molecule has 0 spiro atoms. The van der Waals surface area contributed by atoms with Crippen molar-refractivity contribution in [3.8, 4) is 0 Å². The van der Waals surface area contributed by atoms with Crippen LogP contribution in [0.2, 0.25) is 0 Å². The number of benzene rings is 1. The average molecular weight is 353 g/mol. The lowest BCUT2D eigenvalue weighted by Crippen LogP contribution is -2.36. The first-order valence-corrected chi connectivity index (χ1v) is 8.85. The molecular weight excluding hydrogens is 330 g/mol. The molecule has 0 saturated carbocycles. The number of rotatable bonds is 7. The number of ketones is 1. The van der Waals surface area contributed by atoms with Crippen molar-refractivity contribution in [2.75, 3.05) is 37.7 Å². The monoisotopic (exact) mass is 353 g/mol. The summed E-state index contributed by atoms with van der Waals surface area (Å²) in [7, 11) is 0. The van der Waals surface area contributed by atoms with Crippen LogP contribution in [0.1, 0.15) is 22.5 Å². The molecule has 2 heterocycles. The molecule has 6 heteroatoms. The summed E-state index contributed by atoms with van der Waals surface area (Å²) in [6.07, 6.45) is 2.59. The van der Waals surface area contributed by atoms with Crippen LogP contribution in [0.15, 0.2) is 48.7 Å². The maximum absolute atomic E-state index is 12.3. The Morgan fingerprint density at radius 3 is 2.54 bits per heavy atom. The van der Waals surface area contributed by atoms with Crippen molar-refractivity contribution >= 4 is 17.4 Å². The molecule has 3 rings (SSSR count). The Morgan fingerprint density at radius 1 is 1.08 bits per heavy atom. The number of nitrogens with one attached hydrogen (secondary N) is 1. The number of morpholine rings is 1. The minimum Gasteiger partial charge on any atom is -0.378 e. The van der Waals surface area contributed by atoms with Gasteiger partial charge in [0.1, 0.15) is 0 Å². The number of carbonyl (C=O) groups is 2. The molecule has 0 atom stereocenters. The molecule has 1 aromatic heterocycles. The normalized spacial score (nSPS) is 14.1. The van der Waals surface area contributed by atoms with Gasteiger partial charge in [0.15, 0.2) is 5.78 Å². The van der Waals surface area contributed by atoms with E-state index in [-0.39, 0.29) is 18.2 Å². The maximum atomic E-state index is 12.3. The van der Waals surface area contributed by atoms with Crippen LogP contribution in [0.3, 0.4) is 0 Å². The molecule has 1 fully saturated rings. The second kappa shape index (κ2) is 9.10. The number of aromatic nitrogens is 1. The van der Waals surface area contributed by atoms with Crippen LogP contribution in [-0.4, -0.2) is 49.5 Å². The summed E-state index contributed by atoms with van der Waals surface area (Å²) in [5.74, 6) is -0.237. The fourth-order valence-electron chi connectivity index (χ4n) is 2.84. The van der Waals surface area contributed by atoms with E-state index in [9.17, 15) is 9.59 Å². The van der Waals surface area contributed by atoms with Crippen LogP contribution in [0.4, 0.5) is 5.69 Å². The number of amides is 1. The second-order valence-electron chi connectivity index (χ2n) is 6.17. The van der Waals surface area contributed by atoms with Crippen molar-refractivity contribution in [3.05, 3.63) is 59.9 Å². The van der Waals surface area contributed by atoms with E-state index in [2.05, 4.69) is 15.2 Å². The van der Waals surface area contributed by atoms with E-state index < -0.39 is 0 Å². The van der Waals surface area contributed by atoms with Crippen molar-refractivity contribution < 1.29 is 14.3 Å². The predicted octanol–water partition coefficient (Wildman–Crippen LogP) is 1.85. The smallest absolute Gasteiger partial charge is 0.220 e. The summed E-state index contributed by atoms with van der Waals surface area (Å²) in [5.41, 5.74) is 2.56. The highest BCUT2D eigenvalue weighted by molar-refractivity contribution is 5.99. The summed E-state index contributed by atoms with van der Waals surface area (Å²) in [6.45, 7) is 3.19. The molecule has 1 aliphatic rings. The quantitative estimate of drug-likeness (QED) is 0.769. The molecular formula is C20H23N3O3. The zero-order chi connectivity index (χ0) is 18.2. The molecule has 26 heavy (non-hydrogen) atoms. The number of ether oxygens (including phenoxy) is 1. The second-order valence-corrected chi connectivity index (χ2v) is 6.17. The fraction of sp³-hybridized carbons (Fsp3) is 0.350. The lowest BCUT2D eigenvalue weighted by Gasteiger charge is -2.28. The third-order valence-corrected chi connectivity index (χ3v) is 4.35. The first kappa shape index (κ1) is 18.1. The van der Waals surface area contributed by atoms with E-state index >= 15 is 0 Å². The number of anilines is 1. The number of nitrogens with zero attached hydrogens (tertiary/aromatic N) is 2. The van der Waals surface area contributed by atoms with E-state index in [0.717, 1.165) is 37.7 Å². The van der Waals surface area contributed by atoms with E-state index in [1.54, 1.807) is 6.20 Å². The molecule has 0 aliphatic carbocycles. The van der Waals surface area contributed by atoms with Gasteiger partial charge in [-0.25, -0.2) is 0 Å². The van der Waals surface area contributed by atoms with Crippen molar-refractivity contribution in [3.63, 3.8) is 0 Å². The zero-order valence-corrected chi connectivity index (χ0v) is 14.7. The molecule has 1 aliphatic heterocycles. The van der Waals surface area contributed by atoms with Gasteiger partial charge in [0.2, 0.25) is 5.91 Å². The Kier molecular flexibility index (Phi) is 6.33. The molecule has 136 valence electrons. The van der Waals surface area contributed by atoms with Crippen molar-refractivity contribution in [2.24, 2.45) is 0 Å². The zero-order valence-electron chi connectivity index (χ0n) is 14.7. The number of aryl methyl sites for hydroxylation is 1. The Morgan fingerprint density at radius 2 is 1.85 bits per heavy atom. The van der Waals surface area contributed by atoms with Gasteiger partial charge in [-0.3, -0.25) is 14.6 Å². The van der Waals surface area contributed by atoms with Gasteiger partial charge in [-0.2, -0.15) is 0 Å². The molecule has 1 saturated heterocycles. The molecule has 0 unspecified atom stereocenters. The first-order chi connectivity index (χ1) is 12.7. The number of Topliss-reactive ketones (excluding diaryl/α,β-unsaturated/α-hetero) is 1. The van der Waals surface area contributed by atoms with E-state index in [1.165, 1.54) is 0 Å². The maximum Gasteiger partial charge on any atom is 0.220 e. The van der Waals surface area contributed by atoms with E-state index in [0.29, 0.717) is 18.4 Å². The first-order valence-electron chi connectivity index (χ1n) is 8.85. The standard InChI is InChI=1S/C20H23N3O3/c24-19(15-22-20(25)9-6-17-3-1-2-10-21-17)16-4-7-18(8-5-16)23-11-13-26-14-12-23/h1-5,7-8,10H,6,9,11-15H2,(H,22,25). The highest BCUT2D eigenvalue weighted by atomic mass is 16.5. The highest BCUT2D eigenvalue weighted by Gasteiger charge is 2.13. The molecule has 2 aromatic rings. The van der Waals surface area contributed by atoms with Gasteiger partial charge >= 0.3 is 0 Å². The van der Waals surface area contributed by atoms with Gasteiger partial charge in [-0.05, 0) is 42.8 Å². The molecule has 6 nitrogen and oxygen atoms in total. The lowest BCUT2D eigenvalue weighted by atomic mass is 10.1. The topological polar surface area (TPSA) is 71.5 Å². The molecule has 0 radical (unpaired) electrons. The summed E-state index contributed by atoms with van der Waals surface area (Å²) >= 11 is 0. The van der Waals surface area contributed by atoms with Gasteiger partial charge in [-0.1, -0.05) is 6.07 Å². The van der Waals surface area contributed by atoms with Crippen molar-refractivity contribution in [2.45, 2.75) is 12.8 Å². The van der Waals surface area contributed by atoms with Crippen LogP contribution in [-0.2, 0) is 16.0 Å². The number of hydrogen-bond donors (Lipinski definition) is 1. The molecule has 1 aromatic carbocycles. The number of pyridine rings is 1. The Balaban J connectivity index is 1.44. The summed E-state index contributed by atoms with van der Waals surface area (Å²) < 4.78 is 5.35. The minimum absolute atomic E-state index is 0.0119. The number of hydrogen-bond acceptors (Lipinski definition) is 5. The SMILES string of the molecule is O=C(CCc1ccccn1)NCC(=O)c1ccc(N2CCOCC2)cc1. The van der Waals surface area contributed by atoms with Crippen LogP contribution >= 0.6 is 0 Å². The van der Waals surface area contributed by atoms with Crippen molar-refractivity contribution in [1.82, 2.24) is 10.3 Å². The van der Waals surface area contributed by atoms with Gasteiger partial charge in [0, 0.05) is 42.7 Å². The summed E-state index contributed by atoms with van der Waals surface area (Å²) in [5, 5.41) is 2.69. The molecule has 1 N–H and O–H groups in total. The van der Waals surface area contributed by atoms with Gasteiger partial charge in [0.05, 0.1) is 19.8 Å². The third-order valence-electron chi connectivity index (χ3n) is 4.35. The number of carbonyl (C=O) groups excluding carboxylic acids is 2. The van der Waals surface area contributed by atoms with E-state index in [1.807, 2.05) is 42.5 Å². The minimum atomic E-state index is -0.145. The molecule has 0 bridgehead atoms. The van der Waals surface area contributed by atoms with Crippen LogP contribution in [0, 0.1) is 0 Å². The lowest BCUT2D eigenvalue weighted by molar-refractivity contribution is -0.120. The van der Waals surface area contributed by atoms with E-state index in [4.69, 9.17) is 4.74 Å². The van der Waals surface area contributed by atoms with Gasteiger partial charge in [0.25, 0.3) is 0 Å². The van der Waals surface area contributed by atoms with Crippen LogP contribution in [0.25, 0.3) is 0 Å². The molecule has 1 amide bonds. The fourth-order valence-corrected chi connectivity index (χ4v) is 2.84. The Labute approximate surface area is 153 Å². The third kappa shape index (κ3) is 5.13. The highest BCUT2D eigenvalue weighted by Crippen LogP contribution is 2.16. The van der Waals surface area contributed by atoms with Crippen LogP contribution < -0.4 is 10.2 Å². The average Bonchev–Trinajstić information content (AvgIpc) is 2.72.